The Morgan fingerprint density at radius 3 is 1.94 bits per heavy atom. The number of hydrogen-bond acceptors (Lipinski definition) is 3. The molecule has 3 nitrogen and oxygen atoms in total. The standard InChI is InChI=1S/C15H33N3/c1-15(2,3)18-13-11-17(12-14-18)10-8-6-4-5-7-9-16/h4-14,16H2,1-3H3. The van der Waals surface area contributed by atoms with E-state index in [9.17, 15) is 0 Å². The van der Waals surface area contributed by atoms with Crippen LogP contribution < -0.4 is 5.73 Å². The van der Waals surface area contributed by atoms with E-state index >= 15 is 0 Å². The lowest BCUT2D eigenvalue weighted by atomic mass is 10.0. The largest absolute Gasteiger partial charge is 0.330 e. The van der Waals surface area contributed by atoms with Gasteiger partial charge in [-0.05, 0) is 46.7 Å². The molecule has 0 unspecified atom stereocenters. The summed E-state index contributed by atoms with van der Waals surface area (Å²) in [6, 6.07) is 0. The van der Waals surface area contributed by atoms with Crippen molar-refractivity contribution >= 4 is 0 Å². The average molecular weight is 255 g/mol. The van der Waals surface area contributed by atoms with Crippen molar-refractivity contribution in [3.05, 3.63) is 0 Å². The van der Waals surface area contributed by atoms with E-state index in [0.29, 0.717) is 5.54 Å². The maximum absolute atomic E-state index is 5.50. The summed E-state index contributed by atoms with van der Waals surface area (Å²) in [5.74, 6) is 0. The van der Waals surface area contributed by atoms with Gasteiger partial charge in [-0.25, -0.2) is 0 Å². The fourth-order valence-corrected chi connectivity index (χ4v) is 2.65. The van der Waals surface area contributed by atoms with Gasteiger partial charge in [0.05, 0.1) is 0 Å². The number of unbranched alkanes of at least 4 members (excludes halogenated alkanes) is 4. The molecule has 0 radical (unpaired) electrons. The summed E-state index contributed by atoms with van der Waals surface area (Å²) in [4.78, 5) is 5.23. The van der Waals surface area contributed by atoms with Gasteiger partial charge in [-0.15, -0.1) is 0 Å². The molecule has 108 valence electrons. The van der Waals surface area contributed by atoms with E-state index in [0.717, 1.165) is 6.54 Å². The fraction of sp³-hybridized carbons (Fsp3) is 1.00. The van der Waals surface area contributed by atoms with Crippen LogP contribution in [0.5, 0.6) is 0 Å². The third-order valence-electron chi connectivity index (χ3n) is 4.00. The summed E-state index contributed by atoms with van der Waals surface area (Å²) in [5, 5.41) is 0. The Morgan fingerprint density at radius 1 is 0.833 bits per heavy atom. The minimum absolute atomic E-state index is 0.342. The molecule has 0 aromatic heterocycles. The normalized spacial score (nSPS) is 19.3. The Labute approximate surface area is 114 Å². The summed E-state index contributed by atoms with van der Waals surface area (Å²) < 4.78 is 0. The molecular weight excluding hydrogens is 222 g/mol. The van der Waals surface area contributed by atoms with Crippen molar-refractivity contribution in [1.29, 1.82) is 0 Å². The van der Waals surface area contributed by atoms with Gasteiger partial charge in [0.25, 0.3) is 0 Å². The lowest BCUT2D eigenvalue weighted by Crippen LogP contribution is -2.53. The molecule has 3 heteroatoms. The van der Waals surface area contributed by atoms with Gasteiger partial charge in [0, 0.05) is 31.7 Å². The average Bonchev–Trinajstić information content (AvgIpc) is 2.33. The first kappa shape index (κ1) is 15.9. The van der Waals surface area contributed by atoms with Gasteiger partial charge < -0.3 is 10.6 Å². The minimum atomic E-state index is 0.342. The van der Waals surface area contributed by atoms with Crippen LogP contribution in [0, 0.1) is 0 Å². The maximum atomic E-state index is 5.50. The molecule has 1 aliphatic heterocycles. The first-order valence-electron chi connectivity index (χ1n) is 7.71. The second kappa shape index (κ2) is 8.13. The zero-order valence-electron chi connectivity index (χ0n) is 12.7. The van der Waals surface area contributed by atoms with Crippen molar-refractivity contribution in [2.75, 3.05) is 39.3 Å². The molecule has 0 saturated carbocycles. The maximum Gasteiger partial charge on any atom is 0.0126 e. The highest BCUT2D eigenvalue weighted by atomic mass is 15.3. The number of piperazine rings is 1. The summed E-state index contributed by atoms with van der Waals surface area (Å²) >= 11 is 0. The molecule has 0 atom stereocenters. The highest BCUT2D eigenvalue weighted by Gasteiger charge is 2.25. The first-order chi connectivity index (χ1) is 8.54. The lowest BCUT2D eigenvalue weighted by Gasteiger charge is -2.42. The molecular formula is C15H33N3. The summed E-state index contributed by atoms with van der Waals surface area (Å²) in [5.41, 5.74) is 5.84. The number of hydrogen-bond donors (Lipinski definition) is 1. The Bertz CT molecular complexity index is 202. The van der Waals surface area contributed by atoms with Crippen LogP contribution in [0.25, 0.3) is 0 Å². The molecule has 0 spiro atoms. The predicted octanol–water partition coefficient (Wildman–Crippen LogP) is 2.31. The third kappa shape index (κ3) is 6.17. The topological polar surface area (TPSA) is 32.5 Å². The van der Waals surface area contributed by atoms with Gasteiger partial charge in [-0.3, -0.25) is 4.90 Å². The molecule has 0 bridgehead atoms. The van der Waals surface area contributed by atoms with Gasteiger partial charge in [-0.2, -0.15) is 0 Å². The number of nitrogens with zero attached hydrogens (tertiary/aromatic N) is 2. The Kier molecular flexibility index (Phi) is 7.20. The van der Waals surface area contributed by atoms with E-state index in [1.54, 1.807) is 0 Å². The fourth-order valence-electron chi connectivity index (χ4n) is 2.65. The number of rotatable bonds is 7. The van der Waals surface area contributed by atoms with Gasteiger partial charge in [-0.1, -0.05) is 19.3 Å². The van der Waals surface area contributed by atoms with Crippen molar-refractivity contribution in [3.63, 3.8) is 0 Å². The molecule has 1 fully saturated rings. The van der Waals surface area contributed by atoms with Crippen LogP contribution in [0.15, 0.2) is 0 Å². The summed E-state index contributed by atoms with van der Waals surface area (Å²) in [6.07, 6.45) is 6.61. The Morgan fingerprint density at radius 2 is 1.39 bits per heavy atom. The molecule has 1 aliphatic rings. The van der Waals surface area contributed by atoms with Crippen molar-refractivity contribution in [1.82, 2.24) is 9.80 Å². The highest BCUT2D eigenvalue weighted by Crippen LogP contribution is 2.16. The van der Waals surface area contributed by atoms with Crippen LogP contribution in [-0.2, 0) is 0 Å². The van der Waals surface area contributed by atoms with E-state index < -0.39 is 0 Å². The molecule has 1 rings (SSSR count). The smallest absolute Gasteiger partial charge is 0.0126 e. The van der Waals surface area contributed by atoms with E-state index in [2.05, 4.69) is 30.6 Å². The minimum Gasteiger partial charge on any atom is -0.330 e. The predicted molar refractivity (Wildman–Crippen MR) is 79.9 cm³/mol. The first-order valence-corrected chi connectivity index (χ1v) is 7.71. The highest BCUT2D eigenvalue weighted by molar-refractivity contribution is 4.81. The van der Waals surface area contributed by atoms with Crippen LogP contribution in [-0.4, -0.2) is 54.6 Å². The molecule has 0 aromatic carbocycles. The van der Waals surface area contributed by atoms with Crippen molar-refractivity contribution in [2.24, 2.45) is 5.73 Å². The zero-order valence-corrected chi connectivity index (χ0v) is 12.7. The molecule has 0 aromatic rings. The Hall–Kier alpha value is -0.120. The van der Waals surface area contributed by atoms with E-state index in [-0.39, 0.29) is 0 Å². The molecule has 0 aliphatic carbocycles. The van der Waals surface area contributed by atoms with Crippen LogP contribution in [0.1, 0.15) is 52.9 Å². The Balaban J connectivity index is 2.02. The monoisotopic (exact) mass is 255 g/mol. The van der Waals surface area contributed by atoms with Crippen LogP contribution in [0.2, 0.25) is 0 Å². The third-order valence-corrected chi connectivity index (χ3v) is 4.00. The number of nitrogens with two attached hydrogens (primary N) is 1. The summed E-state index contributed by atoms with van der Waals surface area (Å²) in [7, 11) is 0. The van der Waals surface area contributed by atoms with E-state index in [1.807, 2.05) is 0 Å². The van der Waals surface area contributed by atoms with E-state index in [1.165, 1.54) is 64.8 Å². The second-order valence-electron chi connectivity index (χ2n) is 6.56. The van der Waals surface area contributed by atoms with Gasteiger partial charge >= 0.3 is 0 Å². The van der Waals surface area contributed by atoms with Crippen molar-refractivity contribution < 1.29 is 0 Å². The zero-order chi connectivity index (χ0) is 13.4. The lowest BCUT2D eigenvalue weighted by molar-refractivity contribution is 0.0616. The van der Waals surface area contributed by atoms with Crippen molar-refractivity contribution in [3.8, 4) is 0 Å². The van der Waals surface area contributed by atoms with Crippen LogP contribution >= 0.6 is 0 Å². The van der Waals surface area contributed by atoms with Gasteiger partial charge in [0.1, 0.15) is 0 Å². The van der Waals surface area contributed by atoms with Gasteiger partial charge in [0.15, 0.2) is 0 Å². The second-order valence-corrected chi connectivity index (χ2v) is 6.56. The quantitative estimate of drug-likeness (QED) is 0.709. The molecule has 2 N–H and O–H groups in total. The summed E-state index contributed by atoms with van der Waals surface area (Å²) in [6.45, 7) is 14.1. The van der Waals surface area contributed by atoms with Crippen LogP contribution in [0.3, 0.4) is 0 Å². The van der Waals surface area contributed by atoms with E-state index in [4.69, 9.17) is 5.73 Å². The van der Waals surface area contributed by atoms with Crippen LogP contribution in [0.4, 0.5) is 0 Å². The SMILES string of the molecule is CC(C)(C)N1CCN(CCCCCCCN)CC1. The molecule has 18 heavy (non-hydrogen) atoms. The molecule has 1 heterocycles. The molecule has 1 saturated heterocycles. The molecule has 0 amide bonds. The van der Waals surface area contributed by atoms with Crippen molar-refractivity contribution in [2.45, 2.75) is 58.4 Å². The van der Waals surface area contributed by atoms with Gasteiger partial charge in [0.2, 0.25) is 0 Å².